The number of aliphatic carboxylic acids is 1. The van der Waals surface area contributed by atoms with Gasteiger partial charge in [0.1, 0.15) is 18.0 Å². The molecule has 17 heavy (non-hydrogen) atoms. The minimum Gasteiger partial charge on any atom is -0.497 e. The summed E-state index contributed by atoms with van der Waals surface area (Å²) in [5.74, 6) is -0.129. The Balaban J connectivity index is 2.58. The van der Waals surface area contributed by atoms with Crippen LogP contribution < -0.4 is 9.47 Å². The molecule has 6 heteroatoms. The van der Waals surface area contributed by atoms with Gasteiger partial charge in [-0.3, -0.25) is 9.69 Å². The second-order valence-corrected chi connectivity index (χ2v) is 3.29. The molecule has 1 rings (SSSR count). The predicted molar refractivity (Wildman–Crippen MR) is 59.3 cm³/mol. The van der Waals surface area contributed by atoms with Crippen molar-refractivity contribution in [2.75, 3.05) is 20.7 Å². The summed E-state index contributed by atoms with van der Waals surface area (Å²) in [7, 11) is 2.88. The van der Waals surface area contributed by atoms with E-state index in [0.717, 1.165) is 4.90 Å². The Labute approximate surface area is 98.4 Å². The molecule has 92 valence electrons. The third kappa shape index (κ3) is 4.02. The topological polar surface area (TPSA) is 76.1 Å². The quantitative estimate of drug-likeness (QED) is 0.854. The van der Waals surface area contributed by atoms with Gasteiger partial charge in [0, 0.05) is 7.05 Å². The Hall–Kier alpha value is -2.24. The first-order valence-corrected chi connectivity index (χ1v) is 4.81. The molecule has 0 fully saturated rings. The molecule has 0 aliphatic heterocycles. The molecule has 1 N–H and O–H groups in total. The lowest BCUT2D eigenvalue weighted by molar-refractivity contribution is -0.137. The number of methoxy groups -OCH3 is 1. The summed E-state index contributed by atoms with van der Waals surface area (Å²) in [6, 6.07) is 6.40. The number of rotatable bonds is 4. The van der Waals surface area contributed by atoms with Crippen molar-refractivity contribution in [3.8, 4) is 11.5 Å². The molecule has 1 aromatic rings. The minimum absolute atomic E-state index is 0.327. The van der Waals surface area contributed by atoms with Crippen molar-refractivity contribution in [2.45, 2.75) is 0 Å². The Kier molecular flexibility index (Phi) is 4.33. The van der Waals surface area contributed by atoms with E-state index in [-0.39, 0.29) is 0 Å². The molecule has 1 aromatic carbocycles. The number of carboxylic acids is 1. The Bertz CT molecular complexity index is 401. The van der Waals surface area contributed by atoms with Crippen LogP contribution in [0.5, 0.6) is 11.5 Å². The first-order chi connectivity index (χ1) is 8.02. The average molecular weight is 239 g/mol. The molecule has 0 aliphatic carbocycles. The summed E-state index contributed by atoms with van der Waals surface area (Å²) < 4.78 is 9.89. The summed E-state index contributed by atoms with van der Waals surface area (Å²) in [6.45, 7) is -0.408. The number of nitrogens with zero attached hydrogens (tertiary/aromatic N) is 1. The second kappa shape index (κ2) is 5.74. The van der Waals surface area contributed by atoms with Gasteiger partial charge in [-0.1, -0.05) is 0 Å². The van der Waals surface area contributed by atoms with Gasteiger partial charge < -0.3 is 14.6 Å². The summed E-state index contributed by atoms with van der Waals surface area (Å²) >= 11 is 0. The molecular weight excluding hydrogens is 226 g/mol. The smallest absolute Gasteiger partial charge is 0.415 e. The van der Waals surface area contributed by atoms with Crippen LogP contribution in [0.25, 0.3) is 0 Å². The van der Waals surface area contributed by atoms with Gasteiger partial charge in [0.15, 0.2) is 0 Å². The SMILES string of the molecule is COc1ccc(OC(=O)N(C)CC(=O)O)cc1. The van der Waals surface area contributed by atoms with Gasteiger partial charge in [0.25, 0.3) is 0 Å². The molecular formula is C11H13NO5. The van der Waals surface area contributed by atoms with Gasteiger partial charge in [-0.15, -0.1) is 0 Å². The number of carbonyl (C=O) groups excluding carboxylic acids is 1. The molecule has 0 spiro atoms. The standard InChI is InChI=1S/C11H13NO5/c1-12(7-10(13)14)11(15)17-9-5-3-8(16-2)4-6-9/h3-6H,7H2,1-2H3,(H,13,14). The maximum absolute atomic E-state index is 11.4. The first-order valence-electron chi connectivity index (χ1n) is 4.81. The fourth-order valence-corrected chi connectivity index (χ4v) is 1.09. The van der Waals surface area contributed by atoms with E-state index in [0.29, 0.717) is 11.5 Å². The minimum atomic E-state index is -1.10. The number of carbonyl (C=O) groups is 2. The Morgan fingerprint density at radius 1 is 1.24 bits per heavy atom. The molecule has 0 aromatic heterocycles. The number of hydrogen-bond donors (Lipinski definition) is 1. The molecule has 0 heterocycles. The number of carboxylic acid groups (broad SMARTS) is 1. The third-order valence-corrected chi connectivity index (χ3v) is 1.95. The predicted octanol–water partition coefficient (Wildman–Crippen LogP) is 1.21. The largest absolute Gasteiger partial charge is 0.497 e. The van der Waals surface area contributed by atoms with Crippen LogP contribution in [-0.2, 0) is 4.79 Å². The lowest BCUT2D eigenvalue weighted by atomic mass is 10.3. The van der Waals surface area contributed by atoms with Crippen molar-refractivity contribution in [1.29, 1.82) is 0 Å². The number of hydrogen-bond acceptors (Lipinski definition) is 4. The molecule has 1 amide bonds. The lowest BCUT2D eigenvalue weighted by Gasteiger charge is -2.14. The van der Waals surface area contributed by atoms with E-state index in [9.17, 15) is 9.59 Å². The second-order valence-electron chi connectivity index (χ2n) is 3.29. The third-order valence-electron chi connectivity index (χ3n) is 1.95. The van der Waals surface area contributed by atoms with Crippen LogP contribution in [0.15, 0.2) is 24.3 Å². The maximum Gasteiger partial charge on any atom is 0.415 e. The van der Waals surface area contributed by atoms with E-state index < -0.39 is 18.6 Å². The molecule has 0 unspecified atom stereocenters. The van der Waals surface area contributed by atoms with Crippen LogP contribution in [0.3, 0.4) is 0 Å². The Morgan fingerprint density at radius 2 is 1.76 bits per heavy atom. The van der Waals surface area contributed by atoms with Gasteiger partial charge >= 0.3 is 12.1 Å². The molecule has 6 nitrogen and oxygen atoms in total. The maximum atomic E-state index is 11.4. The van der Waals surface area contributed by atoms with E-state index in [2.05, 4.69) is 0 Å². The zero-order valence-electron chi connectivity index (χ0n) is 9.54. The highest BCUT2D eigenvalue weighted by Gasteiger charge is 2.13. The van der Waals surface area contributed by atoms with Gasteiger partial charge in [-0.05, 0) is 24.3 Å². The monoisotopic (exact) mass is 239 g/mol. The molecule has 0 saturated carbocycles. The van der Waals surface area contributed by atoms with Gasteiger partial charge in [-0.25, -0.2) is 4.79 Å². The van der Waals surface area contributed by atoms with Gasteiger partial charge in [-0.2, -0.15) is 0 Å². The first kappa shape index (κ1) is 12.8. The van der Waals surface area contributed by atoms with Crippen LogP contribution in [0.4, 0.5) is 4.79 Å². The van der Waals surface area contributed by atoms with Crippen molar-refractivity contribution in [3.63, 3.8) is 0 Å². The highest BCUT2D eigenvalue weighted by molar-refractivity contribution is 5.77. The van der Waals surface area contributed by atoms with Gasteiger partial charge in [0.05, 0.1) is 7.11 Å². The van der Waals surface area contributed by atoms with E-state index in [1.54, 1.807) is 24.3 Å². The van der Waals surface area contributed by atoms with Crippen molar-refractivity contribution < 1.29 is 24.2 Å². The summed E-state index contributed by atoms with van der Waals surface area (Å²) in [5, 5.41) is 8.50. The van der Waals surface area contributed by atoms with Crippen LogP contribution in [0.2, 0.25) is 0 Å². The van der Waals surface area contributed by atoms with Crippen LogP contribution >= 0.6 is 0 Å². The molecule has 0 aliphatic rings. The fraction of sp³-hybridized carbons (Fsp3) is 0.273. The van der Waals surface area contributed by atoms with Crippen molar-refractivity contribution >= 4 is 12.1 Å². The highest BCUT2D eigenvalue weighted by Crippen LogP contribution is 2.17. The normalized spacial score (nSPS) is 9.53. The van der Waals surface area contributed by atoms with E-state index in [1.165, 1.54) is 14.2 Å². The lowest BCUT2D eigenvalue weighted by Crippen LogP contribution is -2.34. The zero-order valence-corrected chi connectivity index (χ0v) is 9.54. The molecule has 0 radical (unpaired) electrons. The number of ether oxygens (including phenoxy) is 2. The van der Waals surface area contributed by atoms with Crippen LogP contribution in [0.1, 0.15) is 0 Å². The van der Waals surface area contributed by atoms with E-state index >= 15 is 0 Å². The van der Waals surface area contributed by atoms with E-state index in [1.807, 2.05) is 0 Å². The summed E-state index contributed by atoms with van der Waals surface area (Å²) in [5.41, 5.74) is 0. The van der Waals surface area contributed by atoms with Crippen molar-refractivity contribution in [2.24, 2.45) is 0 Å². The fourth-order valence-electron chi connectivity index (χ4n) is 1.09. The van der Waals surface area contributed by atoms with Crippen molar-refractivity contribution in [3.05, 3.63) is 24.3 Å². The molecule has 0 saturated heterocycles. The number of likely N-dealkylation sites (N-methyl/N-ethyl adjacent to an activating group) is 1. The van der Waals surface area contributed by atoms with Crippen molar-refractivity contribution in [1.82, 2.24) is 4.90 Å². The average Bonchev–Trinajstić information content (AvgIpc) is 2.29. The van der Waals surface area contributed by atoms with E-state index in [4.69, 9.17) is 14.6 Å². The Morgan fingerprint density at radius 3 is 2.24 bits per heavy atom. The number of amides is 1. The van der Waals surface area contributed by atoms with Gasteiger partial charge in [0.2, 0.25) is 0 Å². The number of benzene rings is 1. The summed E-state index contributed by atoms with van der Waals surface area (Å²) in [6.07, 6.45) is -0.724. The molecule has 0 atom stereocenters. The zero-order chi connectivity index (χ0) is 12.8. The van der Waals surface area contributed by atoms with Crippen LogP contribution in [-0.4, -0.2) is 42.8 Å². The summed E-state index contributed by atoms with van der Waals surface area (Å²) in [4.78, 5) is 22.8. The van der Waals surface area contributed by atoms with Crippen LogP contribution in [0, 0.1) is 0 Å². The highest BCUT2D eigenvalue weighted by atomic mass is 16.6. The molecule has 0 bridgehead atoms.